The van der Waals surface area contributed by atoms with Crippen LogP contribution >= 0.6 is 11.3 Å². The van der Waals surface area contributed by atoms with E-state index in [9.17, 15) is 4.79 Å². The third kappa shape index (κ3) is 5.53. The van der Waals surface area contributed by atoms with Crippen LogP contribution < -0.4 is 14.8 Å². The van der Waals surface area contributed by atoms with Gasteiger partial charge in [-0.15, -0.1) is 11.3 Å². The maximum Gasteiger partial charge on any atom is 0.270 e. The van der Waals surface area contributed by atoms with Crippen LogP contribution in [0, 0.1) is 0 Å². The molecule has 4 rings (SSSR count). The monoisotopic (exact) mass is 444 g/mol. The molecule has 0 aliphatic heterocycles. The number of carbonyl (C=O) groups is 1. The summed E-state index contributed by atoms with van der Waals surface area (Å²) in [4.78, 5) is 17.1. The summed E-state index contributed by atoms with van der Waals surface area (Å²) in [6.07, 6.45) is 0.739. The number of hydrogen-bond acceptors (Lipinski definition) is 5. The normalized spacial score (nSPS) is 10.5. The van der Waals surface area contributed by atoms with E-state index in [-0.39, 0.29) is 5.91 Å². The SMILES string of the molecule is COc1ccc(CCNC(=O)c2csc(-c3ccccc3OCc3ccccc3)n2)cc1. The first-order chi connectivity index (χ1) is 15.7. The van der Waals surface area contributed by atoms with Crippen molar-refractivity contribution in [3.05, 3.63) is 101 Å². The summed E-state index contributed by atoms with van der Waals surface area (Å²) < 4.78 is 11.2. The first-order valence-electron chi connectivity index (χ1n) is 10.4. The van der Waals surface area contributed by atoms with Crippen LogP contribution in [0.2, 0.25) is 0 Å². The van der Waals surface area contributed by atoms with E-state index in [1.165, 1.54) is 11.3 Å². The number of rotatable bonds is 9. The van der Waals surface area contributed by atoms with Crippen molar-refractivity contribution in [2.24, 2.45) is 0 Å². The predicted octanol–water partition coefficient (Wildman–Crippen LogP) is 5.37. The van der Waals surface area contributed by atoms with Crippen LogP contribution in [-0.2, 0) is 13.0 Å². The molecular formula is C26H24N2O3S. The molecule has 1 amide bonds. The van der Waals surface area contributed by atoms with Crippen molar-refractivity contribution in [1.82, 2.24) is 10.3 Å². The molecule has 0 saturated carbocycles. The van der Waals surface area contributed by atoms with Gasteiger partial charge in [0.15, 0.2) is 0 Å². The maximum absolute atomic E-state index is 12.6. The third-order valence-electron chi connectivity index (χ3n) is 4.95. The second kappa shape index (κ2) is 10.6. The van der Waals surface area contributed by atoms with Crippen LogP contribution in [0.5, 0.6) is 11.5 Å². The van der Waals surface area contributed by atoms with Crippen molar-refractivity contribution in [1.29, 1.82) is 0 Å². The number of nitrogens with zero attached hydrogens (tertiary/aromatic N) is 1. The van der Waals surface area contributed by atoms with Gasteiger partial charge in [0.25, 0.3) is 5.91 Å². The standard InChI is InChI=1S/C26H24N2O3S/c1-30-21-13-11-19(12-14-21)15-16-27-25(29)23-18-32-26(28-23)22-9-5-6-10-24(22)31-17-20-7-3-2-4-8-20/h2-14,18H,15-17H2,1H3,(H,27,29). The minimum absolute atomic E-state index is 0.177. The predicted molar refractivity (Wildman–Crippen MR) is 127 cm³/mol. The molecule has 0 radical (unpaired) electrons. The van der Waals surface area contributed by atoms with Crippen LogP contribution in [0.1, 0.15) is 21.6 Å². The summed E-state index contributed by atoms with van der Waals surface area (Å²) >= 11 is 1.43. The quantitative estimate of drug-likeness (QED) is 0.377. The highest BCUT2D eigenvalue weighted by Crippen LogP contribution is 2.32. The molecule has 162 valence electrons. The van der Waals surface area contributed by atoms with E-state index >= 15 is 0 Å². The lowest BCUT2D eigenvalue weighted by Crippen LogP contribution is -2.25. The summed E-state index contributed by atoms with van der Waals surface area (Å²) in [5.74, 6) is 1.39. The van der Waals surface area contributed by atoms with Crippen LogP contribution in [0.25, 0.3) is 10.6 Å². The summed E-state index contributed by atoms with van der Waals surface area (Å²) in [6.45, 7) is 1.01. The van der Waals surface area contributed by atoms with Gasteiger partial charge in [-0.3, -0.25) is 4.79 Å². The fourth-order valence-electron chi connectivity index (χ4n) is 3.21. The van der Waals surface area contributed by atoms with Gasteiger partial charge in [0.1, 0.15) is 28.8 Å². The number of methoxy groups -OCH3 is 1. The van der Waals surface area contributed by atoms with E-state index < -0.39 is 0 Å². The van der Waals surface area contributed by atoms with Crippen molar-refractivity contribution in [2.75, 3.05) is 13.7 Å². The van der Waals surface area contributed by atoms with Gasteiger partial charge in [-0.25, -0.2) is 4.98 Å². The number of amides is 1. The topological polar surface area (TPSA) is 60.5 Å². The van der Waals surface area contributed by atoms with Crippen molar-refractivity contribution >= 4 is 17.2 Å². The molecule has 0 atom stereocenters. The van der Waals surface area contributed by atoms with E-state index in [4.69, 9.17) is 9.47 Å². The molecule has 0 aliphatic carbocycles. The molecular weight excluding hydrogens is 420 g/mol. The number of para-hydroxylation sites is 1. The average molecular weight is 445 g/mol. The van der Waals surface area contributed by atoms with Gasteiger partial charge in [-0.1, -0.05) is 54.6 Å². The fraction of sp³-hybridized carbons (Fsp3) is 0.154. The Morgan fingerprint density at radius 2 is 1.69 bits per heavy atom. The molecule has 3 aromatic carbocycles. The Bertz CT molecular complexity index is 1160. The number of aromatic nitrogens is 1. The van der Waals surface area contributed by atoms with E-state index in [0.29, 0.717) is 18.8 Å². The smallest absolute Gasteiger partial charge is 0.270 e. The molecule has 0 fully saturated rings. The van der Waals surface area contributed by atoms with Crippen molar-refractivity contribution in [3.63, 3.8) is 0 Å². The fourth-order valence-corrected chi connectivity index (χ4v) is 4.04. The number of benzene rings is 3. The molecule has 0 spiro atoms. The highest BCUT2D eigenvalue weighted by molar-refractivity contribution is 7.13. The zero-order valence-electron chi connectivity index (χ0n) is 17.8. The van der Waals surface area contributed by atoms with Gasteiger partial charge >= 0.3 is 0 Å². The van der Waals surface area contributed by atoms with Crippen LogP contribution in [0.4, 0.5) is 0 Å². The van der Waals surface area contributed by atoms with Gasteiger partial charge in [0, 0.05) is 11.9 Å². The maximum atomic E-state index is 12.6. The minimum Gasteiger partial charge on any atom is -0.497 e. The summed E-state index contributed by atoms with van der Waals surface area (Å²) in [5.41, 5.74) is 3.52. The Morgan fingerprint density at radius 1 is 0.938 bits per heavy atom. The molecule has 0 unspecified atom stereocenters. The molecule has 0 aliphatic rings. The Balaban J connectivity index is 1.37. The summed E-state index contributed by atoms with van der Waals surface area (Å²) in [7, 11) is 1.64. The van der Waals surface area contributed by atoms with E-state index in [1.54, 1.807) is 12.5 Å². The molecule has 4 aromatic rings. The van der Waals surface area contributed by atoms with Gasteiger partial charge in [-0.05, 0) is 41.8 Å². The van der Waals surface area contributed by atoms with Crippen molar-refractivity contribution < 1.29 is 14.3 Å². The van der Waals surface area contributed by atoms with Crippen LogP contribution in [-0.4, -0.2) is 24.5 Å². The highest BCUT2D eigenvalue weighted by atomic mass is 32.1. The molecule has 1 N–H and O–H groups in total. The molecule has 1 heterocycles. The second-order valence-corrected chi connectivity index (χ2v) is 8.02. The van der Waals surface area contributed by atoms with Crippen molar-refractivity contribution in [3.8, 4) is 22.1 Å². The lowest BCUT2D eigenvalue weighted by molar-refractivity contribution is 0.0950. The third-order valence-corrected chi connectivity index (χ3v) is 5.83. The number of hydrogen-bond donors (Lipinski definition) is 1. The molecule has 0 saturated heterocycles. The molecule has 1 aromatic heterocycles. The first-order valence-corrected chi connectivity index (χ1v) is 11.2. The average Bonchev–Trinajstić information content (AvgIpc) is 3.34. The number of thiazole rings is 1. The van der Waals surface area contributed by atoms with Gasteiger partial charge in [0.05, 0.1) is 12.7 Å². The number of nitrogens with one attached hydrogen (secondary N) is 1. The highest BCUT2D eigenvalue weighted by Gasteiger charge is 2.14. The zero-order chi connectivity index (χ0) is 22.2. The Morgan fingerprint density at radius 3 is 2.47 bits per heavy atom. The lowest BCUT2D eigenvalue weighted by Gasteiger charge is -2.10. The van der Waals surface area contributed by atoms with E-state index in [0.717, 1.165) is 39.6 Å². The van der Waals surface area contributed by atoms with E-state index in [2.05, 4.69) is 10.3 Å². The zero-order valence-corrected chi connectivity index (χ0v) is 18.6. The lowest BCUT2D eigenvalue weighted by atomic mass is 10.1. The van der Waals surface area contributed by atoms with Crippen molar-refractivity contribution in [2.45, 2.75) is 13.0 Å². The molecule has 6 heteroatoms. The Kier molecular flexibility index (Phi) is 7.15. The van der Waals surface area contributed by atoms with Gasteiger partial charge in [0.2, 0.25) is 0 Å². The number of carbonyl (C=O) groups excluding carboxylic acids is 1. The largest absolute Gasteiger partial charge is 0.497 e. The summed E-state index contributed by atoms with van der Waals surface area (Å²) in [6, 6.07) is 25.6. The Labute approximate surface area is 191 Å². The van der Waals surface area contributed by atoms with Crippen LogP contribution in [0.15, 0.2) is 84.2 Å². The van der Waals surface area contributed by atoms with Crippen LogP contribution in [0.3, 0.4) is 0 Å². The van der Waals surface area contributed by atoms with Gasteiger partial charge in [-0.2, -0.15) is 0 Å². The second-order valence-electron chi connectivity index (χ2n) is 7.16. The molecule has 0 bridgehead atoms. The minimum atomic E-state index is -0.177. The van der Waals surface area contributed by atoms with Gasteiger partial charge < -0.3 is 14.8 Å². The molecule has 5 nitrogen and oxygen atoms in total. The molecule has 32 heavy (non-hydrogen) atoms. The Hall–Kier alpha value is -3.64. The van der Waals surface area contributed by atoms with E-state index in [1.807, 2.05) is 78.9 Å². The number of ether oxygens (including phenoxy) is 2. The summed E-state index contributed by atoms with van der Waals surface area (Å²) in [5, 5.41) is 5.49. The first kappa shape index (κ1) is 21.6.